The van der Waals surface area contributed by atoms with Gasteiger partial charge in [-0.25, -0.2) is 9.97 Å². The second-order valence-corrected chi connectivity index (χ2v) is 6.97. The van der Waals surface area contributed by atoms with E-state index in [0.29, 0.717) is 0 Å². The van der Waals surface area contributed by atoms with Gasteiger partial charge in [0.1, 0.15) is 10.6 Å². The Morgan fingerprint density at radius 1 is 1.14 bits per heavy atom. The molecule has 2 aromatic heterocycles. The molecule has 2 heterocycles. The number of fused-ring (bicyclic) bond motifs is 1. The molecule has 1 N–H and O–H groups in total. The number of aromatic nitrogens is 2. The van der Waals surface area contributed by atoms with Crippen molar-refractivity contribution in [3.05, 3.63) is 40.0 Å². The zero-order chi connectivity index (χ0) is 15.9. The molecule has 0 aliphatic rings. The lowest BCUT2D eigenvalue weighted by Crippen LogP contribution is -2.11. The first-order valence-corrected chi connectivity index (χ1v) is 8.50. The Balaban J connectivity index is 2.23. The highest BCUT2D eigenvalue weighted by molar-refractivity contribution is 7.17. The summed E-state index contributed by atoms with van der Waals surface area (Å²) in [6, 6.07) is 6.80. The SMILES string of the molecule is Cc1ccc(-c2csc3nc(Cl)nc(NC(C)C)c23)cc1C. The molecule has 0 aliphatic carbocycles. The highest BCUT2D eigenvalue weighted by atomic mass is 35.5. The number of anilines is 1. The average molecular weight is 332 g/mol. The van der Waals surface area contributed by atoms with Gasteiger partial charge in [-0.05, 0) is 56.0 Å². The Morgan fingerprint density at radius 2 is 1.91 bits per heavy atom. The van der Waals surface area contributed by atoms with Gasteiger partial charge >= 0.3 is 0 Å². The van der Waals surface area contributed by atoms with Gasteiger partial charge in [0, 0.05) is 17.0 Å². The van der Waals surface area contributed by atoms with E-state index < -0.39 is 0 Å². The number of thiophene rings is 1. The first-order valence-electron chi connectivity index (χ1n) is 7.24. The quantitative estimate of drug-likeness (QED) is 0.648. The maximum atomic E-state index is 6.05. The van der Waals surface area contributed by atoms with Crippen LogP contribution in [0.25, 0.3) is 21.3 Å². The Morgan fingerprint density at radius 3 is 2.59 bits per heavy atom. The highest BCUT2D eigenvalue weighted by Gasteiger charge is 2.15. The number of benzene rings is 1. The maximum Gasteiger partial charge on any atom is 0.225 e. The van der Waals surface area contributed by atoms with E-state index in [1.54, 1.807) is 11.3 Å². The molecule has 3 rings (SSSR count). The minimum Gasteiger partial charge on any atom is -0.367 e. The first kappa shape index (κ1) is 15.3. The van der Waals surface area contributed by atoms with Crippen molar-refractivity contribution < 1.29 is 0 Å². The number of aryl methyl sites for hydroxylation is 2. The number of halogens is 1. The van der Waals surface area contributed by atoms with E-state index in [-0.39, 0.29) is 11.3 Å². The number of hydrogen-bond donors (Lipinski definition) is 1. The van der Waals surface area contributed by atoms with Gasteiger partial charge in [0.05, 0.1) is 5.39 Å². The van der Waals surface area contributed by atoms with Crippen LogP contribution >= 0.6 is 22.9 Å². The fourth-order valence-corrected chi connectivity index (χ4v) is 3.58. The Hall–Kier alpha value is -1.65. The van der Waals surface area contributed by atoms with Crippen LogP contribution in [0.1, 0.15) is 25.0 Å². The van der Waals surface area contributed by atoms with Crippen molar-refractivity contribution in [3.8, 4) is 11.1 Å². The molecule has 0 atom stereocenters. The van der Waals surface area contributed by atoms with Crippen LogP contribution in [0.3, 0.4) is 0 Å². The van der Waals surface area contributed by atoms with E-state index in [1.807, 2.05) is 0 Å². The molecule has 3 aromatic rings. The average Bonchev–Trinajstić information content (AvgIpc) is 2.85. The minimum absolute atomic E-state index is 0.279. The molecule has 0 saturated carbocycles. The van der Waals surface area contributed by atoms with Crippen molar-refractivity contribution in [3.63, 3.8) is 0 Å². The largest absolute Gasteiger partial charge is 0.367 e. The van der Waals surface area contributed by atoms with E-state index in [1.165, 1.54) is 16.7 Å². The van der Waals surface area contributed by atoms with Gasteiger partial charge in [0.15, 0.2) is 0 Å². The zero-order valence-electron chi connectivity index (χ0n) is 13.1. The van der Waals surface area contributed by atoms with Crippen LogP contribution < -0.4 is 5.32 Å². The predicted molar refractivity (Wildman–Crippen MR) is 96.1 cm³/mol. The van der Waals surface area contributed by atoms with E-state index in [0.717, 1.165) is 21.6 Å². The van der Waals surface area contributed by atoms with Crippen molar-refractivity contribution in [1.29, 1.82) is 0 Å². The molecule has 3 nitrogen and oxygen atoms in total. The molecule has 0 radical (unpaired) electrons. The fourth-order valence-electron chi connectivity index (χ4n) is 2.42. The number of nitrogens with one attached hydrogen (secondary N) is 1. The van der Waals surface area contributed by atoms with Crippen molar-refractivity contribution in [2.24, 2.45) is 0 Å². The second-order valence-electron chi connectivity index (χ2n) is 5.77. The first-order chi connectivity index (χ1) is 10.5. The summed E-state index contributed by atoms with van der Waals surface area (Å²) in [5, 5.41) is 6.84. The van der Waals surface area contributed by atoms with Crippen LogP contribution in [0, 0.1) is 13.8 Å². The molecule has 5 heteroatoms. The lowest BCUT2D eigenvalue weighted by molar-refractivity contribution is 0.891. The van der Waals surface area contributed by atoms with E-state index in [2.05, 4.69) is 66.6 Å². The molecule has 0 spiro atoms. The lowest BCUT2D eigenvalue weighted by Gasteiger charge is -2.12. The molecule has 114 valence electrons. The van der Waals surface area contributed by atoms with Crippen molar-refractivity contribution in [2.45, 2.75) is 33.7 Å². The monoisotopic (exact) mass is 331 g/mol. The fraction of sp³-hybridized carbons (Fsp3) is 0.294. The Labute approximate surface area is 139 Å². The van der Waals surface area contributed by atoms with E-state index in [4.69, 9.17) is 11.6 Å². The third-order valence-corrected chi connectivity index (χ3v) is 4.69. The van der Waals surface area contributed by atoms with Crippen LogP contribution in [-0.2, 0) is 0 Å². The van der Waals surface area contributed by atoms with Crippen LogP contribution in [0.2, 0.25) is 5.28 Å². The lowest BCUT2D eigenvalue weighted by atomic mass is 10.0. The van der Waals surface area contributed by atoms with Gasteiger partial charge in [-0.15, -0.1) is 11.3 Å². The number of nitrogens with zero attached hydrogens (tertiary/aromatic N) is 2. The van der Waals surface area contributed by atoms with E-state index in [9.17, 15) is 0 Å². The van der Waals surface area contributed by atoms with Gasteiger partial charge in [-0.1, -0.05) is 18.2 Å². The summed E-state index contributed by atoms with van der Waals surface area (Å²) in [5.74, 6) is 0.805. The Kier molecular flexibility index (Phi) is 4.06. The summed E-state index contributed by atoms with van der Waals surface area (Å²) in [7, 11) is 0. The smallest absolute Gasteiger partial charge is 0.225 e. The molecule has 0 saturated heterocycles. The van der Waals surface area contributed by atoms with Gasteiger partial charge in [0.2, 0.25) is 5.28 Å². The molecule has 0 fully saturated rings. The number of rotatable bonds is 3. The molecular weight excluding hydrogens is 314 g/mol. The van der Waals surface area contributed by atoms with Gasteiger partial charge in [-0.3, -0.25) is 0 Å². The van der Waals surface area contributed by atoms with Crippen LogP contribution in [0.15, 0.2) is 23.6 Å². The predicted octanol–water partition coefficient (Wildman–Crippen LogP) is 5.45. The van der Waals surface area contributed by atoms with Gasteiger partial charge < -0.3 is 5.32 Å². The van der Waals surface area contributed by atoms with Gasteiger partial charge in [-0.2, -0.15) is 0 Å². The normalized spacial score (nSPS) is 11.4. The van der Waals surface area contributed by atoms with E-state index >= 15 is 0 Å². The zero-order valence-corrected chi connectivity index (χ0v) is 14.6. The summed E-state index contributed by atoms with van der Waals surface area (Å²) in [4.78, 5) is 9.67. The number of hydrogen-bond acceptors (Lipinski definition) is 4. The molecule has 0 unspecified atom stereocenters. The highest BCUT2D eigenvalue weighted by Crippen LogP contribution is 2.38. The molecule has 1 aromatic carbocycles. The standard InChI is InChI=1S/C17H18ClN3S/c1-9(2)19-15-14-13(8-22-16(14)21-17(18)20-15)12-6-5-10(3)11(4)7-12/h5-9H,1-4H3,(H,19,20,21). The second kappa shape index (κ2) is 5.86. The summed E-state index contributed by atoms with van der Waals surface area (Å²) in [6.45, 7) is 8.43. The minimum atomic E-state index is 0.279. The molecule has 22 heavy (non-hydrogen) atoms. The summed E-state index contributed by atoms with van der Waals surface area (Å²) in [6.07, 6.45) is 0. The topological polar surface area (TPSA) is 37.8 Å². The third-order valence-electron chi connectivity index (χ3n) is 3.65. The molecule has 0 aliphatic heterocycles. The third kappa shape index (κ3) is 2.81. The summed E-state index contributed by atoms with van der Waals surface area (Å²) < 4.78 is 0. The van der Waals surface area contributed by atoms with Crippen molar-refractivity contribution in [2.75, 3.05) is 5.32 Å². The Bertz CT molecular complexity index is 839. The summed E-state index contributed by atoms with van der Waals surface area (Å²) >= 11 is 7.65. The molecule has 0 bridgehead atoms. The summed E-state index contributed by atoms with van der Waals surface area (Å²) in [5.41, 5.74) is 4.92. The molecule has 0 amide bonds. The maximum absolute atomic E-state index is 6.05. The van der Waals surface area contributed by atoms with Crippen LogP contribution in [-0.4, -0.2) is 16.0 Å². The van der Waals surface area contributed by atoms with Crippen molar-refractivity contribution in [1.82, 2.24) is 9.97 Å². The van der Waals surface area contributed by atoms with Crippen LogP contribution in [0.5, 0.6) is 0 Å². The van der Waals surface area contributed by atoms with Gasteiger partial charge in [0.25, 0.3) is 0 Å². The molecular formula is C17H18ClN3S. The van der Waals surface area contributed by atoms with Crippen molar-refractivity contribution >= 4 is 39.0 Å². The van der Waals surface area contributed by atoms with Crippen LogP contribution in [0.4, 0.5) is 5.82 Å².